The van der Waals surface area contributed by atoms with Crippen LogP contribution >= 0.6 is 0 Å². The molecule has 5 heteroatoms. The Balaban J connectivity index is 1.43. The van der Waals surface area contributed by atoms with E-state index in [4.69, 9.17) is 0 Å². The molecule has 1 unspecified atom stereocenters. The lowest BCUT2D eigenvalue weighted by Gasteiger charge is -2.62. The molecule has 4 rings (SSSR count). The number of likely N-dealkylation sites (tertiary alicyclic amines) is 1. The average Bonchev–Trinajstić information content (AvgIpc) is 3.09. The third-order valence-electron chi connectivity index (χ3n) is 5.82. The molecule has 1 amide bonds. The van der Waals surface area contributed by atoms with Crippen LogP contribution in [-0.4, -0.2) is 38.4 Å². The number of hydrogen-bond acceptors (Lipinski definition) is 3. The summed E-state index contributed by atoms with van der Waals surface area (Å²) in [6.07, 6.45) is 9.48. The van der Waals surface area contributed by atoms with Crippen LogP contribution in [0.5, 0.6) is 0 Å². The van der Waals surface area contributed by atoms with Crippen molar-refractivity contribution in [2.45, 2.75) is 65.0 Å². The first-order valence-electron chi connectivity index (χ1n) is 8.80. The average molecular weight is 302 g/mol. The number of rotatable bonds is 5. The molecule has 0 N–H and O–H groups in total. The van der Waals surface area contributed by atoms with E-state index in [9.17, 15) is 4.79 Å². The van der Waals surface area contributed by atoms with Gasteiger partial charge in [-0.2, -0.15) is 0 Å². The zero-order chi connectivity index (χ0) is 15.3. The fourth-order valence-electron chi connectivity index (χ4n) is 4.24. The van der Waals surface area contributed by atoms with Crippen LogP contribution in [0.4, 0.5) is 0 Å². The first kappa shape index (κ1) is 14.2. The first-order chi connectivity index (χ1) is 10.6. The van der Waals surface area contributed by atoms with Crippen LogP contribution in [0.25, 0.3) is 0 Å². The maximum atomic E-state index is 12.8. The fraction of sp³-hybridized carbons (Fsp3) is 0.824. The van der Waals surface area contributed by atoms with E-state index in [2.05, 4.69) is 29.1 Å². The SMILES string of the molecule is CC(C)CCn1cc(C(=O)N2CC3(CCC3)C2C2CC2)nn1. The molecule has 2 heterocycles. The molecule has 3 fully saturated rings. The Labute approximate surface area is 132 Å². The van der Waals surface area contributed by atoms with E-state index in [-0.39, 0.29) is 5.91 Å². The summed E-state index contributed by atoms with van der Waals surface area (Å²) >= 11 is 0. The highest BCUT2D eigenvalue weighted by atomic mass is 16.2. The van der Waals surface area contributed by atoms with Gasteiger partial charge in [-0.25, -0.2) is 0 Å². The molecule has 1 aromatic heterocycles. The standard InChI is InChI=1S/C17H26N4O/c1-12(2)6-9-20-10-14(18-19-20)16(22)21-11-17(7-3-8-17)15(21)13-4-5-13/h10,12-13,15H,3-9,11H2,1-2H3. The van der Waals surface area contributed by atoms with E-state index in [0.29, 0.717) is 23.1 Å². The molecule has 2 aliphatic carbocycles. The summed E-state index contributed by atoms with van der Waals surface area (Å²) < 4.78 is 1.82. The highest BCUT2D eigenvalue weighted by Gasteiger charge is 2.61. The van der Waals surface area contributed by atoms with Crippen molar-refractivity contribution in [3.63, 3.8) is 0 Å². The van der Waals surface area contributed by atoms with Gasteiger partial charge in [-0.15, -0.1) is 5.10 Å². The van der Waals surface area contributed by atoms with Crippen molar-refractivity contribution in [3.05, 3.63) is 11.9 Å². The highest BCUT2D eigenvalue weighted by molar-refractivity contribution is 5.93. The second kappa shape index (κ2) is 5.07. The summed E-state index contributed by atoms with van der Waals surface area (Å²) in [5, 5.41) is 8.25. The van der Waals surface area contributed by atoms with E-state index in [0.717, 1.165) is 25.4 Å². The summed E-state index contributed by atoms with van der Waals surface area (Å²) in [6, 6.07) is 0.495. The Morgan fingerprint density at radius 1 is 1.41 bits per heavy atom. The molecule has 5 nitrogen and oxygen atoms in total. The van der Waals surface area contributed by atoms with Crippen molar-refractivity contribution in [3.8, 4) is 0 Å². The lowest BCUT2D eigenvalue weighted by Crippen LogP contribution is -2.69. The third kappa shape index (κ3) is 2.25. The minimum Gasteiger partial charge on any atom is -0.333 e. The molecule has 120 valence electrons. The second-order valence-corrected chi connectivity index (χ2v) is 7.98. The summed E-state index contributed by atoms with van der Waals surface area (Å²) in [5.41, 5.74) is 1.01. The summed E-state index contributed by atoms with van der Waals surface area (Å²) in [7, 11) is 0. The Hall–Kier alpha value is -1.39. The fourth-order valence-corrected chi connectivity index (χ4v) is 4.24. The van der Waals surface area contributed by atoms with Crippen LogP contribution in [0.1, 0.15) is 62.9 Å². The van der Waals surface area contributed by atoms with Crippen molar-refractivity contribution < 1.29 is 4.79 Å². The summed E-state index contributed by atoms with van der Waals surface area (Å²) in [6.45, 7) is 6.18. The van der Waals surface area contributed by atoms with Crippen LogP contribution < -0.4 is 0 Å². The maximum Gasteiger partial charge on any atom is 0.276 e. The van der Waals surface area contributed by atoms with Crippen molar-refractivity contribution in [2.75, 3.05) is 6.54 Å². The van der Waals surface area contributed by atoms with Crippen molar-refractivity contribution in [2.24, 2.45) is 17.3 Å². The van der Waals surface area contributed by atoms with E-state index < -0.39 is 0 Å². The van der Waals surface area contributed by atoms with Crippen LogP contribution in [0.3, 0.4) is 0 Å². The van der Waals surface area contributed by atoms with Crippen LogP contribution in [0.2, 0.25) is 0 Å². The number of carbonyl (C=O) groups excluding carboxylic acids is 1. The predicted octanol–water partition coefficient (Wildman–Crippen LogP) is 2.73. The van der Waals surface area contributed by atoms with Gasteiger partial charge < -0.3 is 4.90 Å². The molecule has 0 radical (unpaired) electrons. The van der Waals surface area contributed by atoms with Crippen molar-refractivity contribution in [1.29, 1.82) is 0 Å². The molecule has 1 saturated heterocycles. The van der Waals surface area contributed by atoms with Gasteiger partial charge in [0.15, 0.2) is 5.69 Å². The zero-order valence-electron chi connectivity index (χ0n) is 13.7. The zero-order valence-corrected chi connectivity index (χ0v) is 13.7. The van der Waals surface area contributed by atoms with Gasteiger partial charge in [-0.1, -0.05) is 25.5 Å². The van der Waals surface area contributed by atoms with Gasteiger partial charge in [0, 0.05) is 24.5 Å². The van der Waals surface area contributed by atoms with E-state index >= 15 is 0 Å². The molecule has 1 atom stereocenters. The van der Waals surface area contributed by atoms with Gasteiger partial charge >= 0.3 is 0 Å². The van der Waals surface area contributed by atoms with Gasteiger partial charge in [0.1, 0.15) is 0 Å². The molecule has 0 bridgehead atoms. The second-order valence-electron chi connectivity index (χ2n) is 7.98. The monoisotopic (exact) mass is 302 g/mol. The molecule has 1 aliphatic heterocycles. The lowest BCUT2D eigenvalue weighted by atomic mass is 9.56. The van der Waals surface area contributed by atoms with Crippen LogP contribution in [0, 0.1) is 17.3 Å². The van der Waals surface area contributed by atoms with Gasteiger partial charge in [0.05, 0.1) is 6.20 Å². The third-order valence-corrected chi connectivity index (χ3v) is 5.82. The normalized spacial score (nSPS) is 26.1. The minimum absolute atomic E-state index is 0.102. The Bertz CT molecular complexity index is 571. The largest absolute Gasteiger partial charge is 0.333 e. The summed E-state index contributed by atoms with van der Waals surface area (Å²) in [4.78, 5) is 14.8. The molecule has 2 saturated carbocycles. The number of nitrogens with zero attached hydrogens (tertiary/aromatic N) is 4. The van der Waals surface area contributed by atoms with Crippen LogP contribution in [0.15, 0.2) is 6.20 Å². The van der Waals surface area contributed by atoms with Gasteiger partial charge in [0.2, 0.25) is 0 Å². The first-order valence-corrected chi connectivity index (χ1v) is 8.80. The quantitative estimate of drug-likeness (QED) is 0.840. The Morgan fingerprint density at radius 3 is 2.77 bits per heavy atom. The van der Waals surface area contributed by atoms with E-state index in [1.807, 2.05) is 10.9 Å². The smallest absolute Gasteiger partial charge is 0.276 e. The topological polar surface area (TPSA) is 51.0 Å². The highest BCUT2D eigenvalue weighted by Crippen LogP contribution is 2.59. The number of aryl methyl sites for hydroxylation is 1. The molecule has 0 aromatic carbocycles. The van der Waals surface area contributed by atoms with Gasteiger partial charge in [-0.3, -0.25) is 9.48 Å². The number of hydrogen-bond donors (Lipinski definition) is 0. The Morgan fingerprint density at radius 2 is 2.18 bits per heavy atom. The molecular weight excluding hydrogens is 276 g/mol. The number of amides is 1. The van der Waals surface area contributed by atoms with Crippen molar-refractivity contribution >= 4 is 5.91 Å². The minimum atomic E-state index is 0.102. The molecule has 1 spiro atoms. The Kier molecular flexibility index (Phi) is 3.27. The molecule has 1 aromatic rings. The molecular formula is C17H26N4O. The maximum absolute atomic E-state index is 12.8. The number of carbonyl (C=O) groups is 1. The lowest BCUT2D eigenvalue weighted by molar-refractivity contribution is -0.111. The molecule has 22 heavy (non-hydrogen) atoms. The van der Waals surface area contributed by atoms with E-state index in [1.54, 1.807) is 0 Å². The number of aromatic nitrogens is 3. The van der Waals surface area contributed by atoms with Gasteiger partial charge in [-0.05, 0) is 43.9 Å². The predicted molar refractivity (Wildman–Crippen MR) is 83.3 cm³/mol. The van der Waals surface area contributed by atoms with Crippen molar-refractivity contribution in [1.82, 2.24) is 19.9 Å². The summed E-state index contributed by atoms with van der Waals surface area (Å²) in [5.74, 6) is 1.50. The van der Waals surface area contributed by atoms with E-state index in [1.165, 1.54) is 32.1 Å². The molecule has 3 aliphatic rings. The van der Waals surface area contributed by atoms with Gasteiger partial charge in [0.25, 0.3) is 5.91 Å². The van der Waals surface area contributed by atoms with Crippen LogP contribution in [-0.2, 0) is 6.54 Å².